The zero-order valence-electron chi connectivity index (χ0n) is 16.4. The summed E-state index contributed by atoms with van der Waals surface area (Å²) in [4.78, 5) is 16.8. The average molecular weight is 391 g/mol. The van der Waals surface area contributed by atoms with Crippen LogP contribution in [-0.2, 0) is 0 Å². The minimum absolute atomic E-state index is 0.322. The maximum Gasteiger partial charge on any atom is 0.343 e. The fourth-order valence-corrected chi connectivity index (χ4v) is 2.65. The van der Waals surface area contributed by atoms with Gasteiger partial charge in [0.1, 0.15) is 0 Å². The Balaban J connectivity index is 1.78. The molecule has 148 valence electrons. The number of aromatic nitrogens is 1. The van der Waals surface area contributed by atoms with Crippen molar-refractivity contribution in [3.63, 3.8) is 0 Å². The van der Waals surface area contributed by atoms with Gasteiger partial charge in [-0.05, 0) is 54.1 Å². The zero-order chi connectivity index (χ0) is 20.6. The molecule has 0 aliphatic heterocycles. The first kappa shape index (κ1) is 19.9. The Morgan fingerprint density at radius 1 is 0.793 bits per heavy atom. The average Bonchev–Trinajstić information content (AvgIpc) is 2.78. The summed E-state index contributed by atoms with van der Waals surface area (Å²) in [5.74, 6) is 1.22. The molecule has 0 spiro atoms. The number of methoxy groups -OCH3 is 3. The topological polar surface area (TPSA) is 66.9 Å². The van der Waals surface area contributed by atoms with Gasteiger partial charge < -0.3 is 18.9 Å². The Kier molecular flexibility index (Phi) is 6.47. The molecule has 0 aliphatic rings. The Morgan fingerprint density at radius 3 is 2.21 bits per heavy atom. The van der Waals surface area contributed by atoms with E-state index in [1.165, 1.54) is 21.3 Å². The highest BCUT2D eigenvalue weighted by Crippen LogP contribution is 2.31. The maximum absolute atomic E-state index is 12.5. The Morgan fingerprint density at radius 2 is 1.52 bits per heavy atom. The monoisotopic (exact) mass is 391 g/mol. The van der Waals surface area contributed by atoms with Crippen molar-refractivity contribution in [1.29, 1.82) is 0 Å². The first-order valence-electron chi connectivity index (χ1n) is 8.86. The molecule has 2 aromatic carbocycles. The van der Waals surface area contributed by atoms with Gasteiger partial charge in [0.05, 0.1) is 32.6 Å². The largest absolute Gasteiger partial charge is 0.493 e. The van der Waals surface area contributed by atoms with E-state index in [1.54, 1.807) is 36.5 Å². The molecule has 0 amide bonds. The normalized spacial score (nSPS) is 10.6. The van der Waals surface area contributed by atoms with Crippen LogP contribution in [0, 0.1) is 0 Å². The van der Waals surface area contributed by atoms with Crippen LogP contribution in [-0.4, -0.2) is 32.3 Å². The second kappa shape index (κ2) is 9.41. The molecule has 0 bridgehead atoms. The number of hydrogen-bond acceptors (Lipinski definition) is 6. The molecule has 1 aromatic heterocycles. The molecule has 29 heavy (non-hydrogen) atoms. The number of esters is 1. The Bertz CT molecular complexity index is 1020. The molecule has 0 atom stereocenters. The maximum atomic E-state index is 12.5. The van der Waals surface area contributed by atoms with Crippen molar-refractivity contribution in [2.24, 2.45) is 0 Å². The van der Waals surface area contributed by atoms with Crippen molar-refractivity contribution in [2.75, 3.05) is 21.3 Å². The summed E-state index contributed by atoms with van der Waals surface area (Å²) in [5.41, 5.74) is 2.07. The third-order valence-corrected chi connectivity index (χ3v) is 4.14. The quantitative estimate of drug-likeness (QED) is 0.436. The standard InChI is InChI=1S/C23H21NO5/c1-26-19-12-9-17(15-22(19)28-3)23(25)29-20-11-8-16(14-21(20)27-2)7-10-18-6-4-5-13-24-18/h4-15H,1-3H3/b10-7+. The molecule has 0 unspecified atom stereocenters. The van der Waals surface area contributed by atoms with E-state index in [2.05, 4.69) is 4.98 Å². The summed E-state index contributed by atoms with van der Waals surface area (Å²) in [6.45, 7) is 0. The highest BCUT2D eigenvalue weighted by atomic mass is 16.6. The summed E-state index contributed by atoms with van der Waals surface area (Å²) in [5, 5.41) is 0. The minimum atomic E-state index is -0.527. The first-order valence-corrected chi connectivity index (χ1v) is 8.86. The molecule has 6 nitrogen and oxygen atoms in total. The van der Waals surface area contributed by atoms with Crippen LogP contribution >= 0.6 is 0 Å². The second-order valence-corrected chi connectivity index (χ2v) is 5.96. The predicted octanol–water partition coefficient (Wildman–Crippen LogP) is 4.50. The van der Waals surface area contributed by atoms with Gasteiger partial charge >= 0.3 is 5.97 Å². The third-order valence-electron chi connectivity index (χ3n) is 4.14. The molecular weight excluding hydrogens is 370 g/mol. The molecule has 0 fully saturated rings. The molecule has 0 aliphatic carbocycles. The number of carbonyl (C=O) groups excluding carboxylic acids is 1. The number of nitrogens with zero attached hydrogens (tertiary/aromatic N) is 1. The molecule has 0 radical (unpaired) electrons. The van der Waals surface area contributed by atoms with Crippen LogP contribution in [0.2, 0.25) is 0 Å². The molecule has 3 rings (SSSR count). The fourth-order valence-electron chi connectivity index (χ4n) is 2.65. The van der Waals surface area contributed by atoms with E-state index >= 15 is 0 Å². The number of ether oxygens (including phenoxy) is 4. The van der Waals surface area contributed by atoms with Crippen molar-refractivity contribution < 1.29 is 23.7 Å². The summed E-state index contributed by atoms with van der Waals surface area (Å²) in [6, 6.07) is 15.8. The summed E-state index contributed by atoms with van der Waals surface area (Å²) in [6.07, 6.45) is 5.53. The van der Waals surface area contributed by atoms with Crippen molar-refractivity contribution in [1.82, 2.24) is 4.98 Å². The lowest BCUT2D eigenvalue weighted by Gasteiger charge is -2.12. The van der Waals surface area contributed by atoms with Crippen molar-refractivity contribution in [2.45, 2.75) is 0 Å². The van der Waals surface area contributed by atoms with Crippen molar-refractivity contribution in [3.8, 4) is 23.0 Å². The van der Waals surface area contributed by atoms with Crippen LogP contribution in [0.5, 0.6) is 23.0 Å². The zero-order valence-corrected chi connectivity index (χ0v) is 16.4. The van der Waals surface area contributed by atoms with Gasteiger partial charge in [-0.15, -0.1) is 0 Å². The molecule has 0 saturated carbocycles. The van der Waals surface area contributed by atoms with Crippen LogP contribution in [0.4, 0.5) is 0 Å². The van der Waals surface area contributed by atoms with E-state index in [0.29, 0.717) is 28.6 Å². The minimum Gasteiger partial charge on any atom is -0.493 e. The van der Waals surface area contributed by atoms with Gasteiger partial charge in [0.2, 0.25) is 0 Å². The fraction of sp³-hybridized carbons (Fsp3) is 0.130. The lowest BCUT2D eigenvalue weighted by Crippen LogP contribution is -2.09. The number of rotatable bonds is 7. The SMILES string of the molecule is COc1ccc(C(=O)Oc2ccc(/C=C/c3ccccn3)cc2OC)cc1OC. The number of hydrogen-bond donors (Lipinski definition) is 0. The molecular formula is C23H21NO5. The van der Waals surface area contributed by atoms with E-state index in [4.69, 9.17) is 18.9 Å². The van der Waals surface area contributed by atoms with Gasteiger partial charge in [0.25, 0.3) is 0 Å². The van der Waals surface area contributed by atoms with Crippen LogP contribution < -0.4 is 18.9 Å². The van der Waals surface area contributed by atoms with Crippen LogP contribution in [0.25, 0.3) is 12.2 Å². The van der Waals surface area contributed by atoms with Crippen molar-refractivity contribution >= 4 is 18.1 Å². The van der Waals surface area contributed by atoms with E-state index in [0.717, 1.165) is 11.3 Å². The Hall–Kier alpha value is -3.80. The highest BCUT2D eigenvalue weighted by Gasteiger charge is 2.15. The number of pyridine rings is 1. The molecule has 0 saturated heterocycles. The number of carbonyl (C=O) groups is 1. The molecule has 0 N–H and O–H groups in total. The lowest BCUT2D eigenvalue weighted by atomic mass is 10.1. The predicted molar refractivity (Wildman–Crippen MR) is 111 cm³/mol. The van der Waals surface area contributed by atoms with E-state index in [-0.39, 0.29) is 0 Å². The van der Waals surface area contributed by atoms with Crippen LogP contribution in [0.1, 0.15) is 21.6 Å². The number of benzene rings is 2. The van der Waals surface area contributed by atoms with E-state index in [9.17, 15) is 4.79 Å². The van der Waals surface area contributed by atoms with Gasteiger partial charge in [-0.2, -0.15) is 0 Å². The molecule has 3 aromatic rings. The summed E-state index contributed by atoms with van der Waals surface area (Å²) in [7, 11) is 4.56. The van der Waals surface area contributed by atoms with Crippen LogP contribution in [0.3, 0.4) is 0 Å². The van der Waals surface area contributed by atoms with Gasteiger partial charge in [-0.3, -0.25) is 4.98 Å². The molecule has 1 heterocycles. The van der Waals surface area contributed by atoms with E-state index in [1.807, 2.05) is 36.4 Å². The highest BCUT2D eigenvalue weighted by molar-refractivity contribution is 5.92. The third kappa shape index (κ3) is 4.93. The van der Waals surface area contributed by atoms with Crippen molar-refractivity contribution in [3.05, 3.63) is 77.6 Å². The van der Waals surface area contributed by atoms with Gasteiger partial charge in [-0.1, -0.05) is 18.2 Å². The van der Waals surface area contributed by atoms with Gasteiger partial charge in [0, 0.05) is 6.20 Å². The van der Waals surface area contributed by atoms with Gasteiger partial charge in [-0.25, -0.2) is 4.79 Å². The van der Waals surface area contributed by atoms with E-state index < -0.39 is 5.97 Å². The Labute approximate surface area is 169 Å². The summed E-state index contributed by atoms with van der Waals surface area (Å²) >= 11 is 0. The summed E-state index contributed by atoms with van der Waals surface area (Å²) < 4.78 is 21.3. The molecule has 6 heteroatoms. The first-order chi connectivity index (χ1) is 14.1. The van der Waals surface area contributed by atoms with Crippen LogP contribution in [0.15, 0.2) is 60.8 Å². The second-order valence-electron chi connectivity index (χ2n) is 5.96. The smallest absolute Gasteiger partial charge is 0.343 e. The lowest BCUT2D eigenvalue weighted by molar-refractivity contribution is 0.0729. The van der Waals surface area contributed by atoms with Gasteiger partial charge in [0.15, 0.2) is 23.0 Å².